The summed E-state index contributed by atoms with van der Waals surface area (Å²) in [6, 6.07) is 12.4. The number of aryl methyl sites for hydroxylation is 2. The van der Waals surface area contributed by atoms with Crippen LogP contribution >= 0.6 is 0 Å². The molecule has 27 heavy (non-hydrogen) atoms. The van der Waals surface area contributed by atoms with Gasteiger partial charge in [-0.05, 0) is 36.8 Å². The van der Waals surface area contributed by atoms with Crippen molar-refractivity contribution in [1.82, 2.24) is 14.0 Å². The first kappa shape index (κ1) is 16.8. The fraction of sp³-hybridized carbons (Fsp3) is 0.150. The fourth-order valence-electron chi connectivity index (χ4n) is 3.13. The van der Waals surface area contributed by atoms with Crippen LogP contribution in [-0.2, 0) is 7.05 Å². The van der Waals surface area contributed by atoms with E-state index in [1.807, 2.05) is 25.1 Å². The molecule has 4 aromatic rings. The molecule has 0 aliphatic rings. The Morgan fingerprint density at radius 2 is 1.96 bits per heavy atom. The first-order valence-electron chi connectivity index (χ1n) is 8.42. The zero-order chi connectivity index (χ0) is 19.1. The minimum Gasteiger partial charge on any atom is -0.495 e. The smallest absolute Gasteiger partial charge is 0.272 e. The van der Waals surface area contributed by atoms with Gasteiger partial charge in [-0.3, -0.25) is 14.0 Å². The Hall–Kier alpha value is -3.61. The molecule has 0 saturated heterocycles. The average molecular weight is 362 g/mol. The molecule has 3 aromatic heterocycles. The van der Waals surface area contributed by atoms with Crippen LogP contribution in [0.15, 0.2) is 53.5 Å². The second-order valence-electron chi connectivity index (χ2n) is 6.33. The van der Waals surface area contributed by atoms with Gasteiger partial charge in [-0.2, -0.15) is 0 Å². The molecule has 1 aromatic carbocycles. The number of ether oxygens (including phenoxy) is 1. The van der Waals surface area contributed by atoms with Gasteiger partial charge in [-0.15, -0.1) is 0 Å². The third-order valence-corrected chi connectivity index (χ3v) is 4.53. The maximum atomic E-state index is 12.8. The maximum absolute atomic E-state index is 12.8. The van der Waals surface area contributed by atoms with Crippen LogP contribution in [-0.4, -0.2) is 27.0 Å². The topological polar surface area (TPSA) is 77.6 Å². The van der Waals surface area contributed by atoms with E-state index in [4.69, 9.17) is 4.74 Å². The molecule has 0 saturated carbocycles. The molecule has 7 nitrogen and oxygen atoms in total. The molecule has 0 aliphatic heterocycles. The molecule has 0 radical (unpaired) electrons. The molecule has 0 fully saturated rings. The summed E-state index contributed by atoms with van der Waals surface area (Å²) >= 11 is 0. The standard InChI is InChI=1S/C20H18N4O3/c1-12-8-9-17-22-18-13(20(26)24(17)11-12)10-15(23(18)2)19(25)21-14-6-4-5-7-16(14)27-3/h4-11H,1-3H3,(H,21,25). The van der Waals surface area contributed by atoms with Crippen molar-refractivity contribution in [2.75, 3.05) is 12.4 Å². The Kier molecular flexibility index (Phi) is 3.92. The molecule has 0 unspecified atom stereocenters. The Morgan fingerprint density at radius 1 is 1.19 bits per heavy atom. The molecule has 0 aliphatic carbocycles. The van der Waals surface area contributed by atoms with Crippen molar-refractivity contribution in [2.45, 2.75) is 6.92 Å². The summed E-state index contributed by atoms with van der Waals surface area (Å²) in [6.07, 6.45) is 1.74. The highest BCUT2D eigenvalue weighted by atomic mass is 16.5. The Balaban J connectivity index is 1.84. The van der Waals surface area contributed by atoms with Gasteiger partial charge in [0.05, 0.1) is 18.2 Å². The van der Waals surface area contributed by atoms with Crippen molar-refractivity contribution in [3.8, 4) is 5.75 Å². The second kappa shape index (κ2) is 6.28. The summed E-state index contributed by atoms with van der Waals surface area (Å²) in [6.45, 7) is 1.91. The number of pyridine rings is 1. The van der Waals surface area contributed by atoms with Crippen molar-refractivity contribution in [2.24, 2.45) is 7.05 Å². The second-order valence-corrected chi connectivity index (χ2v) is 6.33. The van der Waals surface area contributed by atoms with Crippen LogP contribution in [0.25, 0.3) is 16.7 Å². The van der Waals surface area contributed by atoms with E-state index in [0.717, 1.165) is 5.56 Å². The van der Waals surface area contributed by atoms with E-state index < -0.39 is 0 Å². The predicted octanol–water partition coefficient (Wildman–Crippen LogP) is 2.76. The number of methoxy groups -OCH3 is 1. The first-order chi connectivity index (χ1) is 13.0. The number of aromatic nitrogens is 3. The summed E-state index contributed by atoms with van der Waals surface area (Å²) in [4.78, 5) is 30.2. The van der Waals surface area contributed by atoms with Crippen LogP contribution in [0.5, 0.6) is 5.75 Å². The van der Waals surface area contributed by atoms with E-state index in [-0.39, 0.29) is 11.5 Å². The number of nitrogens with zero attached hydrogens (tertiary/aromatic N) is 3. The summed E-state index contributed by atoms with van der Waals surface area (Å²) < 4.78 is 8.39. The molecule has 7 heteroatoms. The van der Waals surface area contributed by atoms with E-state index in [1.54, 1.807) is 49.2 Å². The van der Waals surface area contributed by atoms with E-state index in [1.165, 1.54) is 4.40 Å². The molecular formula is C20H18N4O3. The lowest BCUT2D eigenvalue weighted by Crippen LogP contribution is -2.16. The van der Waals surface area contributed by atoms with Crippen LogP contribution in [0, 0.1) is 6.92 Å². The van der Waals surface area contributed by atoms with Gasteiger partial charge in [0.1, 0.15) is 22.7 Å². The molecule has 4 rings (SSSR count). The van der Waals surface area contributed by atoms with Crippen molar-refractivity contribution < 1.29 is 9.53 Å². The van der Waals surface area contributed by atoms with Crippen molar-refractivity contribution in [1.29, 1.82) is 0 Å². The normalized spacial score (nSPS) is 11.1. The highest BCUT2D eigenvalue weighted by Gasteiger charge is 2.18. The highest BCUT2D eigenvalue weighted by Crippen LogP contribution is 2.24. The lowest BCUT2D eigenvalue weighted by atomic mass is 10.2. The number of hydrogen-bond acceptors (Lipinski definition) is 4. The number of para-hydroxylation sites is 2. The minimum absolute atomic E-state index is 0.203. The number of carbonyl (C=O) groups is 1. The first-order valence-corrected chi connectivity index (χ1v) is 8.42. The van der Waals surface area contributed by atoms with Crippen molar-refractivity contribution in [3.05, 3.63) is 70.3 Å². The van der Waals surface area contributed by atoms with Crippen molar-refractivity contribution >= 4 is 28.3 Å². The zero-order valence-electron chi connectivity index (χ0n) is 15.2. The van der Waals surface area contributed by atoms with E-state index in [0.29, 0.717) is 33.8 Å². The van der Waals surface area contributed by atoms with Crippen LogP contribution in [0.3, 0.4) is 0 Å². The van der Waals surface area contributed by atoms with Crippen molar-refractivity contribution in [3.63, 3.8) is 0 Å². The molecule has 0 spiro atoms. The van der Waals surface area contributed by atoms with Gasteiger partial charge < -0.3 is 14.6 Å². The van der Waals surface area contributed by atoms with Gasteiger partial charge in [-0.1, -0.05) is 18.2 Å². The van der Waals surface area contributed by atoms with Crippen LogP contribution in [0.1, 0.15) is 16.1 Å². The molecule has 0 bridgehead atoms. The number of benzene rings is 1. The minimum atomic E-state index is -0.343. The lowest BCUT2D eigenvalue weighted by Gasteiger charge is -2.10. The summed E-state index contributed by atoms with van der Waals surface area (Å²) in [5.41, 5.74) is 2.65. The van der Waals surface area contributed by atoms with E-state index in [9.17, 15) is 9.59 Å². The molecule has 0 atom stereocenters. The van der Waals surface area contributed by atoms with Crippen LogP contribution in [0.4, 0.5) is 5.69 Å². The Bertz CT molecular complexity index is 1250. The van der Waals surface area contributed by atoms with E-state index >= 15 is 0 Å². The fourth-order valence-corrected chi connectivity index (χ4v) is 3.13. The average Bonchev–Trinajstić information content (AvgIpc) is 3.00. The molecular weight excluding hydrogens is 344 g/mol. The monoisotopic (exact) mass is 362 g/mol. The number of rotatable bonds is 3. The summed E-state index contributed by atoms with van der Waals surface area (Å²) in [7, 11) is 3.26. The maximum Gasteiger partial charge on any atom is 0.272 e. The van der Waals surface area contributed by atoms with Gasteiger partial charge in [0.25, 0.3) is 11.5 Å². The molecule has 136 valence electrons. The van der Waals surface area contributed by atoms with Gasteiger partial charge >= 0.3 is 0 Å². The van der Waals surface area contributed by atoms with Gasteiger partial charge in [0, 0.05) is 13.2 Å². The SMILES string of the molecule is COc1ccccc1NC(=O)c1cc2c(=O)n3cc(C)ccc3nc2n1C. The molecule has 1 amide bonds. The van der Waals surface area contributed by atoms with Crippen LogP contribution in [0.2, 0.25) is 0 Å². The number of amides is 1. The van der Waals surface area contributed by atoms with Gasteiger partial charge in [-0.25, -0.2) is 4.98 Å². The quantitative estimate of drug-likeness (QED) is 0.608. The number of hydrogen-bond donors (Lipinski definition) is 1. The highest BCUT2D eigenvalue weighted by molar-refractivity contribution is 6.06. The number of anilines is 1. The van der Waals surface area contributed by atoms with Gasteiger partial charge in [0.15, 0.2) is 0 Å². The molecule has 3 heterocycles. The van der Waals surface area contributed by atoms with Crippen LogP contribution < -0.4 is 15.6 Å². The summed E-state index contributed by atoms with van der Waals surface area (Å²) in [5, 5.41) is 3.22. The lowest BCUT2D eigenvalue weighted by molar-refractivity contribution is 0.101. The Labute approximate surface area is 154 Å². The summed E-state index contributed by atoms with van der Waals surface area (Å²) in [5.74, 6) is 0.216. The number of carbonyl (C=O) groups excluding carboxylic acids is 1. The zero-order valence-corrected chi connectivity index (χ0v) is 15.2. The predicted molar refractivity (Wildman–Crippen MR) is 104 cm³/mol. The largest absolute Gasteiger partial charge is 0.495 e. The molecule has 1 N–H and O–H groups in total. The van der Waals surface area contributed by atoms with E-state index in [2.05, 4.69) is 10.3 Å². The Morgan fingerprint density at radius 3 is 2.74 bits per heavy atom. The third kappa shape index (κ3) is 2.73. The van der Waals surface area contributed by atoms with Gasteiger partial charge in [0.2, 0.25) is 0 Å². The third-order valence-electron chi connectivity index (χ3n) is 4.53. The number of nitrogens with one attached hydrogen (secondary N) is 1. The number of fused-ring (bicyclic) bond motifs is 2.